The van der Waals surface area contributed by atoms with Gasteiger partial charge in [-0.05, 0) is 35.8 Å². The number of aryl methyl sites for hydroxylation is 1. The molecule has 0 radical (unpaired) electrons. The van der Waals surface area contributed by atoms with Gasteiger partial charge < -0.3 is 9.52 Å². The van der Waals surface area contributed by atoms with Gasteiger partial charge in [0.25, 0.3) is 0 Å². The Bertz CT molecular complexity index is 888. The van der Waals surface area contributed by atoms with Gasteiger partial charge in [-0.2, -0.15) is 0 Å². The number of aliphatic hydroxyl groups excluding tert-OH is 1. The van der Waals surface area contributed by atoms with Crippen molar-refractivity contribution < 1.29 is 9.52 Å². The summed E-state index contributed by atoms with van der Waals surface area (Å²) in [7, 11) is 0. The van der Waals surface area contributed by atoms with Crippen LogP contribution in [-0.2, 0) is 0 Å². The summed E-state index contributed by atoms with van der Waals surface area (Å²) in [4.78, 5) is 11.8. The minimum atomic E-state index is -0.383. The van der Waals surface area contributed by atoms with Gasteiger partial charge in [-0.15, -0.1) is 0 Å². The molecule has 0 bridgehead atoms. The van der Waals surface area contributed by atoms with Crippen LogP contribution in [0, 0.1) is 6.92 Å². The molecule has 0 saturated carbocycles. The van der Waals surface area contributed by atoms with Crippen LogP contribution in [0.3, 0.4) is 0 Å². The molecular formula is C18H14O3. The van der Waals surface area contributed by atoms with Gasteiger partial charge in [0.2, 0.25) is 0 Å². The zero-order valence-electron chi connectivity index (χ0n) is 11.5. The molecule has 21 heavy (non-hydrogen) atoms. The summed E-state index contributed by atoms with van der Waals surface area (Å²) in [6, 6.07) is 15.0. The van der Waals surface area contributed by atoms with Crippen molar-refractivity contribution in [1.29, 1.82) is 0 Å². The van der Waals surface area contributed by atoms with E-state index in [-0.39, 0.29) is 5.63 Å². The van der Waals surface area contributed by atoms with Crippen LogP contribution >= 0.6 is 0 Å². The van der Waals surface area contributed by atoms with Gasteiger partial charge in [-0.25, -0.2) is 4.79 Å². The third-order valence-electron chi connectivity index (χ3n) is 3.47. The van der Waals surface area contributed by atoms with Crippen molar-refractivity contribution in [2.45, 2.75) is 6.92 Å². The van der Waals surface area contributed by atoms with Crippen molar-refractivity contribution in [3.05, 3.63) is 76.3 Å². The molecule has 3 nitrogen and oxygen atoms in total. The number of benzene rings is 2. The lowest BCUT2D eigenvalue weighted by Crippen LogP contribution is -1.99. The Morgan fingerprint density at radius 3 is 2.62 bits per heavy atom. The summed E-state index contributed by atoms with van der Waals surface area (Å²) < 4.78 is 5.28. The summed E-state index contributed by atoms with van der Waals surface area (Å²) in [6.45, 7) is 2.01. The van der Waals surface area contributed by atoms with Gasteiger partial charge in [0.05, 0.1) is 6.26 Å². The Morgan fingerprint density at radius 1 is 1.05 bits per heavy atom. The van der Waals surface area contributed by atoms with Crippen LogP contribution < -0.4 is 5.63 Å². The zero-order valence-corrected chi connectivity index (χ0v) is 11.5. The number of fused-ring (bicyclic) bond motifs is 1. The van der Waals surface area contributed by atoms with Crippen molar-refractivity contribution in [2.24, 2.45) is 0 Å². The van der Waals surface area contributed by atoms with Crippen LogP contribution in [-0.4, -0.2) is 5.11 Å². The maximum atomic E-state index is 11.8. The minimum Gasteiger partial charge on any atom is -0.516 e. The number of hydrogen-bond acceptors (Lipinski definition) is 3. The highest BCUT2D eigenvalue weighted by Crippen LogP contribution is 2.30. The Kier molecular flexibility index (Phi) is 3.32. The average molecular weight is 278 g/mol. The zero-order chi connectivity index (χ0) is 14.8. The Labute approximate surface area is 121 Å². The minimum absolute atomic E-state index is 0.383. The van der Waals surface area contributed by atoms with E-state index in [0.717, 1.165) is 33.9 Å². The molecule has 0 atom stereocenters. The van der Waals surface area contributed by atoms with Crippen LogP contribution in [0.4, 0.5) is 0 Å². The summed E-state index contributed by atoms with van der Waals surface area (Å²) in [5.74, 6) is 0. The van der Waals surface area contributed by atoms with E-state index < -0.39 is 0 Å². The van der Waals surface area contributed by atoms with Gasteiger partial charge in [0.1, 0.15) is 5.58 Å². The van der Waals surface area contributed by atoms with Gasteiger partial charge in [0, 0.05) is 17.0 Å². The Hall–Kier alpha value is -2.81. The quantitative estimate of drug-likeness (QED) is 0.561. The van der Waals surface area contributed by atoms with E-state index in [1.165, 1.54) is 6.07 Å². The largest absolute Gasteiger partial charge is 0.516 e. The molecule has 0 saturated heterocycles. The predicted octanol–water partition coefficient (Wildman–Crippen LogP) is 4.30. The number of hydrogen-bond donors (Lipinski definition) is 1. The van der Waals surface area contributed by atoms with Crippen molar-refractivity contribution in [3.8, 4) is 11.1 Å². The summed E-state index contributed by atoms with van der Waals surface area (Å²) in [5, 5.41) is 9.72. The van der Waals surface area contributed by atoms with E-state index >= 15 is 0 Å². The van der Waals surface area contributed by atoms with Crippen LogP contribution in [0.1, 0.15) is 11.1 Å². The second-order valence-corrected chi connectivity index (χ2v) is 4.87. The van der Waals surface area contributed by atoms with E-state index in [1.807, 2.05) is 43.3 Å². The first-order valence-electron chi connectivity index (χ1n) is 6.64. The van der Waals surface area contributed by atoms with E-state index in [2.05, 4.69) is 0 Å². The van der Waals surface area contributed by atoms with Crippen molar-refractivity contribution in [1.82, 2.24) is 0 Å². The third kappa shape index (κ3) is 2.46. The number of rotatable bonds is 2. The lowest BCUT2D eigenvalue weighted by molar-refractivity contribution is 0.478. The molecule has 1 N–H and O–H groups in total. The second-order valence-electron chi connectivity index (χ2n) is 4.87. The van der Waals surface area contributed by atoms with Gasteiger partial charge >= 0.3 is 5.63 Å². The molecule has 0 unspecified atom stereocenters. The van der Waals surface area contributed by atoms with E-state index in [0.29, 0.717) is 5.58 Å². The molecule has 104 valence electrons. The van der Waals surface area contributed by atoms with Gasteiger partial charge in [-0.1, -0.05) is 36.4 Å². The maximum Gasteiger partial charge on any atom is 0.336 e. The number of aliphatic hydroxyl groups is 1. The molecule has 0 aliphatic carbocycles. The Balaban J connectivity index is 2.33. The van der Waals surface area contributed by atoms with Crippen LogP contribution in [0.2, 0.25) is 0 Å². The van der Waals surface area contributed by atoms with Crippen LogP contribution in [0.25, 0.3) is 28.2 Å². The lowest BCUT2D eigenvalue weighted by Gasteiger charge is -2.09. The lowest BCUT2D eigenvalue weighted by atomic mass is 9.97. The average Bonchev–Trinajstić information content (AvgIpc) is 2.47. The normalized spacial score (nSPS) is 11.3. The van der Waals surface area contributed by atoms with Crippen molar-refractivity contribution >= 4 is 17.0 Å². The molecular weight excluding hydrogens is 264 g/mol. The highest BCUT2D eigenvalue weighted by molar-refractivity contribution is 5.94. The van der Waals surface area contributed by atoms with E-state index in [1.54, 1.807) is 12.1 Å². The fourth-order valence-corrected chi connectivity index (χ4v) is 2.47. The first-order chi connectivity index (χ1) is 10.2. The fourth-order valence-electron chi connectivity index (χ4n) is 2.47. The molecule has 3 aromatic rings. The standard InChI is InChI=1S/C18H14O3/c1-12-4-2-3-5-14(12)16-11-18(20)21-17-10-13(8-9-19)6-7-15(16)17/h2-11,19H,1H3/b9-8+. The SMILES string of the molecule is Cc1ccccc1-c1cc(=O)oc2cc(/C=C/O)ccc12. The van der Waals surface area contributed by atoms with Crippen molar-refractivity contribution in [3.63, 3.8) is 0 Å². The predicted molar refractivity (Wildman–Crippen MR) is 84.3 cm³/mol. The molecule has 0 amide bonds. The maximum absolute atomic E-state index is 11.8. The highest BCUT2D eigenvalue weighted by atomic mass is 16.4. The first kappa shape index (κ1) is 13.2. The summed E-state index contributed by atoms with van der Waals surface area (Å²) in [5.41, 5.74) is 3.88. The second kappa shape index (κ2) is 5.29. The molecule has 3 rings (SSSR count). The van der Waals surface area contributed by atoms with Crippen LogP contribution in [0.15, 0.2) is 64.0 Å². The molecule has 1 aromatic heterocycles. The van der Waals surface area contributed by atoms with Crippen molar-refractivity contribution in [2.75, 3.05) is 0 Å². The molecule has 2 aromatic carbocycles. The molecule has 0 aliphatic heterocycles. The van der Waals surface area contributed by atoms with Gasteiger partial charge in [0.15, 0.2) is 0 Å². The van der Waals surface area contributed by atoms with E-state index in [4.69, 9.17) is 9.52 Å². The summed E-state index contributed by atoms with van der Waals surface area (Å²) >= 11 is 0. The smallest absolute Gasteiger partial charge is 0.336 e. The molecule has 0 aliphatic rings. The first-order valence-corrected chi connectivity index (χ1v) is 6.64. The van der Waals surface area contributed by atoms with Crippen LogP contribution in [0.5, 0.6) is 0 Å². The highest BCUT2D eigenvalue weighted by Gasteiger charge is 2.09. The fraction of sp³-hybridized carbons (Fsp3) is 0.0556. The van der Waals surface area contributed by atoms with Gasteiger partial charge in [-0.3, -0.25) is 0 Å². The topological polar surface area (TPSA) is 50.4 Å². The monoisotopic (exact) mass is 278 g/mol. The van der Waals surface area contributed by atoms with E-state index in [9.17, 15) is 4.79 Å². The molecule has 0 fully saturated rings. The molecule has 3 heteroatoms. The summed E-state index contributed by atoms with van der Waals surface area (Å²) in [6.07, 6.45) is 2.50. The third-order valence-corrected chi connectivity index (χ3v) is 3.47. The molecule has 0 spiro atoms. The Morgan fingerprint density at radius 2 is 1.86 bits per heavy atom. The molecule has 1 heterocycles.